The third-order valence-corrected chi connectivity index (χ3v) is 2.80. The quantitative estimate of drug-likeness (QED) is 0.897. The van der Waals surface area contributed by atoms with Gasteiger partial charge < -0.3 is 5.32 Å². The molecule has 2 amide bonds. The Morgan fingerprint density at radius 3 is 2.82 bits per heavy atom. The Balaban J connectivity index is 2.53. The number of carbonyl (C=O) groups is 1. The lowest BCUT2D eigenvalue weighted by Crippen LogP contribution is -2.25. The lowest BCUT2D eigenvalue weighted by atomic mass is 10.1. The van der Waals surface area contributed by atoms with Crippen LogP contribution in [-0.4, -0.2) is 11.0 Å². The Hall–Kier alpha value is -1.36. The molecule has 0 aromatic carbocycles. The van der Waals surface area contributed by atoms with Gasteiger partial charge in [-0.3, -0.25) is 5.32 Å². The van der Waals surface area contributed by atoms with E-state index < -0.39 is 0 Å². The van der Waals surface area contributed by atoms with Crippen LogP contribution in [0.4, 0.5) is 10.6 Å². The molecule has 0 aliphatic carbocycles. The van der Waals surface area contributed by atoms with E-state index in [9.17, 15) is 4.79 Å². The Morgan fingerprint density at radius 2 is 2.24 bits per heavy atom. The maximum atomic E-state index is 11.5. The van der Waals surface area contributed by atoms with Crippen LogP contribution in [0.2, 0.25) is 0 Å². The number of halogens is 1. The predicted octanol–water partition coefficient (Wildman–Crippen LogP) is 3.53. The number of pyridine rings is 1. The smallest absolute Gasteiger partial charge is 0.314 e. The summed E-state index contributed by atoms with van der Waals surface area (Å²) in [6.45, 7) is 6.12. The monoisotopic (exact) mass is 297 g/mol. The van der Waals surface area contributed by atoms with Crippen LogP contribution in [0.25, 0.3) is 0 Å². The zero-order chi connectivity index (χ0) is 12.8. The van der Waals surface area contributed by atoms with Crippen molar-refractivity contribution in [3.63, 3.8) is 0 Å². The SMILES string of the molecule is C/C(=C\NC(=O)Nc1cc(Br)ccn1)C(C)C. The summed E-state index contributed by atoms with van der Waals surface area (Å²) in [5.74, 6) is 0.923. The number of allylic oxidation sites excluding steroid dienone is 1. The van der Waals surface area contributed by atoms with Gasteiger partial charge in [0.2, 0.25) is 0 Å². The first-order valence-corrected chi connectivity index (χ1v) is 6.14. The first-order valence-electron chi connectivity index (χ1n) is 5.34. The Labute approximate surface area is 110 Å². The van der Waals surface area contributed by atoms with E-state index >= 15 is 0 Å². The van der Waals surface area contributed by atoms with Crippen LogP contribution in [0, 0.1) is 5.92 Å². The maximum Gasteiger partial charge on any atom is 0.324 e. The van der Waals surface area contributed by atoms with E-state index in [1.165, 1.54) is 0 Å². The predicted molar refractivity (Wildman–Crippen MR) is 72.7 cm³/mol. The molecule has 0 saturated heterocycles. The highest BCUT2D eigenvalue weighted by Gasteiger charge is 2.02. The number of nitrogens with one attached hydrogen (secondary N) is 2. The van der Waals surface area contributed by atoms with E-state index in [0.29, 0.717) is 11.7 Å². The minimum atomic E-state index is -0.296. The third-order valence-electron chi connectivity index (χ3n) is 2.31. The number of aromatic nitrogens is 1. The van der Waals surface area contributed by atoms with Crippen molar-refractivity contribution in [3.8, 4) is 0 Å². The molecule has 0 aliphatic rings. The van der Waals surface area contributed by atoms with Gasteiger partial charge in [0.15, 0.2) is 0 Å². The molecule has 1 aromatic heterocycles. The summed E-state index contributed by atoms with van der Waals surface area (Å²) in [4.78, 5) is 15.5. The summed E-state index contributed by atoms with van der Waals surface area (Å²) >= 11 is 3.31. The summed E-state index contributed by atoms with van der Waals surface area (Å²) in [5.41, 5.74) is 1.11. The van der Waals surface area contributed by atoms with E-state index in [1.54, 1.807) is 24.5 Å². The second kappa shape index (κ2) is 6.39. The molecule has 2 N–H and O–H groups in total. The van der Waals surface area contributed by atoms with Gasteiger partial charge in [-0.25, -0.2) is 9.78 Å². The zero-order valence-corrected chi connectivity index (χ0v) is 11.7. The second-order valence-electron chi connectivity index (χ2n) is 4.00. The van der Waals surface area contributed by atoms with Crippen molar-refractivity contribution in [1.29, 1.82) is 0 Å². The molecule has 1 rings (SSSR count). The lowest BCUT2D eigenvalue weighted by molar-refractivity contribution is 0.255. The van der Waals surface area contributed by atoms with Gasteiger partial charge in [0.25, 0.3) is 0 Å². The third kappa shape index (κ3) is 4.99. The number of hydrogen-bond acceptors (Lipinski definition) is 2. The van der Waals surface area contributed by atoms with Crippen molar-refractivity contribution in [3.05, 3.63) is 34.6 Å². The first kappa shape index (κ1) is 13.7. The van der Waals surface area contributed by atoms with E-state index in [0.717, 1.165) is 10.0 Å². The highest BCUT2D eigenvalue weighted by molar-refractivity contribution is 9.10. The fourth-order valence-corrected chi connectivity index (χ4v) is 1.31. The second-order valence-corrected chi connectivity index (χ2v) is 4.92. The van der Waals surface area contributed by atoms with Crippen molar-refractivity contribution in [2.45, 2.75) is 20.8 Å². The van der Waals surface area contributed by atoms with E-state index in [1.807, 2.05) is 6.92 Å². The summed E-state index contributed by atoms with van der Waals surface area (Å²) in [5, 5.41) is 5.31. The highest BCUT2D eigenvalue weighted by Crippen LogP contribution is 2.12. The number of amides is 2. The van der Waals surface area contributed by atoms with Gasteiger partial charge in [-0.05, 0) is 25.0 Å². The maximum absolute atomic E-state index is 11.5. The highest BCUT2D eigenvalue weighted by atomic mass is 79.9. The standard InChI is InChI=1S/C12H16BrN3O/c1-8(2)9(3)7-15-12(17)16-11-6-10(13)4-5-14-11/h4-8H,1-3H3,(H2,14,15,16,17)/b9-7+. The average Bonchev–Trinajstić information content (AvgIpc) is 2.25. The van der Waals surface area contributed by atoms with Crippen LogP contribution in [0.5, 0.6) is 0 Å². The summed E-state index contributed by atoms with van der Waals surface area (Å²) in [6, 6.07) is 3.24. The minimum absolute atomic E-state index is 0.296. The number of rotatable bonds is 3. The molecule has 0 saturated carbocycles. The zero-order valence-electron chi connectivity index (χ0n) is 10.1. The van der Waals surface area contributed by atoms with E-state index in [4.69, 9.17) is 0 Å². The van der Waals surface area contributed by atoms with Crippen LogP contribution in [-0.2, 0) is 0 Å². The van der Waals surface area contributed by atoms with Crippen molar-refractivity contribution in [2.24, 2.45) is 5.92 Å². The molecular formula is C12H16BrN3O. The molecule has 0 atom stereocenters. The number of urea groups is 1. The molecule has 17 heavy (non-hydrogen) atoms. The van der Waals surface area contributed by atoms with Gasteiger partial charge in [0.05, 0.1) is 0 Å². The fourth-order valence-electron chi connectivity index (χ4n) is 0.972. The van der Waals surface area contributed by atoms with Crippen LogP contribution in [0.3, 0.4) is 0 Å². The lowest BCUT2D eigenvalue weighted by Gasteiger charge is -2.07. The van der Waals surface area contributed by atoms with Gasteiger partial charge in [0.1, 0.15) is 5.82 Å². The van der Waals surface area contributed by atoms with E-state index in [-0.39, 0.29) is 6.03 Å². The molecule has 0 aliphatic heterocycles. The Kier molecular flexibility index (Phi) is 5.15. The van der Waals surface area contributed by atoms with Crippen LogP contribution < -0.4 is 10.6 Å². The van der Waals surface area contributed by atoms with Crippen molar-refractivity contribution >= 4 is 27.8 Å². The van der Waals surface area contributed by atoms with Crippen molar-refractivity contribution < 1.29 is 4.79 Å². The van der Waals surface area contributed by atoms with Crippen molar-refractivity contribution in [2.75, 3.05) is 5.32 Å². The average molecular weight is 298 g/mol. The van der Waals surface area contributed by atoms with Gasteiger partial charge in [-0.2, -0.15) is 0 Å². The summed E-state index contributed by atoms with van der Waals surface area (Å²) in [7, 11) is 0. The van der Waals surface area contributed by atoms with Crippen LogP contribution in [0.1, 0.15) is 20.8 Å². The molecule has 0 unspecified atom stereocenters. The number of hydrogen-bond donors (Lipinski definition) is 2. The molecular weight excluding hydrogens is 282 g/mol. The fraction of sp³-hybridized carbons (Fsp3) is 0.333. The molecule has 4 nitrogen and oxygen atoms in total. The number of nitrogens with zero attached hydrogens (tertiary/aromatic N) is 1. The van der Waals surface area contributed by atoms with Crippen molar-refractivity contribution in [1.82, 2.24) is 10.3 Å². The van der Waals surface area contributed by atoms with Crippen LogP contribution in [0.15, 0.2) is 34.6 Å². The topological polar surface area (TPSA) is 54.0 Å². The Morgan fingerprint density at radius 1 is 1.53 bits per heavy atom. The van der Waals surface area contributed by atoms with Gasteiger partial charge in [-0.1, -0.05) is 35.4 Å². The molecule has 0 fully saturated rings. The van der Waals surface area contributed by atoms with E-state index in [2.05, 4.69) is 45.4 Å². The normalized spacial score (nSPS) is 11.5. The molecule has 1 aromatic rings. The van der Waals surface area contributed by atoms with Gasteiger partial charge in [0, 0.05) is 16.9 Å². The summed E-state index contributed by atoms with van der Waals surface area (Å²) < 4.78 is 0.872. The van der Waals surface area contributed by atoms with Gasteiger partial charge in [-0.15, -0.1) is 0 Å². The molecule has 0 bridgehead atoms. The number of carbonyl (C=O) groups excluding carboxylic acids is 1. The molecule has 5 heteroatoms. The molecule has 0 radical (unpaired) electrons. The molecule has 92 valence electrons. The minimum Gasteiger partial charge on any atom is -0.314 e. The Bertz CT molecular complexity index is 430. The summed E-state index contributed by atoms with van der Waals surface area (Å²) in [6.07, 6.45) is 3.33. The number of anilines is 1. The first-order chi connectivity index (χ1) is 7.99. The van der Waals surface area contributed by atoms with Crippen LogP contribution >= 0.6 is 15.9 Å². The van der Waals surface area contributed by atoms with Gasteiger partial charge >= 0.3 is 6.03 Å². The largest absolute Gasteiger partial charge is 0.324 e. The molecule has 1 heterocycles. The molecule has 0 spiro atoms.